The average molecular weight is 344 g/mol. The van der Waals surface area contributed by atoms with E-state index in [0.29, 0.717) is 5.69 Å². The summed E-state index contributed by atoms with van der Waals surface area (Å²) in [5.74, 6) is -0.773. The zero-order valence-corrected chi connectivity index (χ0v) is 13.6. The van der Waals surface area contributed by atoms with E-state index < -0.39 is 29.0 Å². The molecular weight excluding hydrogens is 328 g/mol. The largest absolute Gasteiger partial charge is 0.325 e. The first-order valence-corrected chi connectivity index (χ1v) is 7.30. The number of amides is 3. The number of anilines is 1. The van der Waals surface area contributed by atoms with E-state index in [1.807, 2.05) is 19.9 Å². The molecule has 0 bridgehead atoms. The SMILES string of the molecule is Cc1cccc(NC(=O)NC(=O)Cn2cc([N+](=O)[O-])ccc2=O)c1C. The van der Waals surface area contributed by atoms with E-state index in [4.69, 9.17) is 0 Å². The molecule has 1 aromatic heterocycles. The Labute approximate surface area is 142 Å². The molecule has 2 aromatic rings. The molecule has 0 fully saturated rings. The Morgan fingerprint density at radius 2 is 1.92 bits per heavy atom. The van der Waals surface area contributed by atoms with Gasteiger partial charge in [-0.1, -0.05) is 12.1 Å². The van der Waals surface area contributed by atoms with Crippen LogP contribution in [-0.4, -0.2) is 21.4 Å². The van der Waals surface area contributed by atoms with Crippen LogP contribution >= 0.6 is 0 Å². The molecule has 0 spiro atoms. The van der Waals surface area contributed by atoms with E-state index in [1.165, 1.54) is 0 Å². The number of carbonyl (C=O) groups is 2. The number of nitrogens with zero attached hydrogens (tertiary/aromatic N) is 2. The van der Waals surface area contributed by atoms with Gasteiger partial charge in [-0.25, -0.2) is 4.79 Å². The van der Waals surface area contributed by atoms with Crippen LogP contribution in [0.5, 0.6) is 0 Å². The summed E-state index contributed by atoms with van der Waals surface area (Å²) in [4.78, 5) is 45.5. The zero-order valence-electron chi connectivity index (χ0n) is 13.6. The normalized spacial score (nSPS) is 10.2. The third-order valence-electron chi connectivity index (χ3n) is 3.60. The van der Waals surface area contributed by atoms with Crippen molar-refractivity contribution in [2.24, 2.45) is 0 Å². The maximum absolute atomic E-state index is 11.9. The van der Waals surface area contributed by atoms with Gasteiger partial charge in [0.2, 0.25) is 5.91 Å². The first kappa shape index (κ1) is 17.9. The highest BCUT2D eigenvalue weighted by molar-refractivity contribution is 6.01. The van der Waals surface area contributed by atoms with Gasteiger partial charge in [-0.2, -0.15) is 0 Å². The molecular formula is C16H16N4O5. The van der Waals surface area contributed by atoms with Crippen LogP contribution < -0.4 is 16.2 Å². The van der Waals surface area contributed by atoms with Crippen molar-refractivity contribution in [1.29, 1.82) is 0 Å². The number of urea groups is 1. The Morgan fingerprint density at radius 3 is 2.60 bits per heavy atom. The minimum absolute atomic E-state index is 0.327. The molecule has 25 heavy (non-hydrogen) atoms. The number of nitrogens with one attached hydrogen (secondary N) is 2. The molecule has 9 heteroatoms. The summed E-state index contributed by atoms with van der Waals surface area (Å²) in [6.07, 6.45) is 0.949. The number of aryl methyl sites for hydroxylation is 1. The molecule has 0 aliphatic heterocycles. The predicted octanol–water partition coefficient (Wildman–Crippen LogP) is 1.72. The summed E-state index contributed by atoms with van der Waals surface area (Å²) in [7, 11) is 0. The number of benzene rings is 1. The Hall–Kier alpha value is -3.49. The summed E-state index contributed by atoms with van der Waals surface area (Å²) in [6.45, 7) is 3.20. The van der Waals surface area contributed by atoms with Crippen LogP contribution in [0.1, 0.15) is 11.1 Å². The van der Waals surface area contributed by atoms with Crippen molar-refractivity contribution in [3.8, 4) is 0 Å². The first-order valence-electron chi connectivity index (χ1n) is 7.30. The topological polar surface area (TPSA) is 123 Å². The maximum Gasteiger partial charge on any atom is 0.325 e. The first-order chi connectivity index (χ1) is 11.8. The summed E-state index contributed by atoms with van der Waals surface area (Å²) >= 11 is 0. The number of pyridine rings is 1. The van der Waals surface area contributed by atoms with Crippen LogP contribution in [0, 0.1) is 24.0 Å². The van der Waals surface area contributed by atoms with Gasteiger partial charge in [0, 0.05) is 17.8 Å². The molecule has 2 N–H and O–H groups in total. The highest BCUT2D eigenvalue weighted by Gasteiger charge is 2.13. The van der Waals surface area contributed by atoms with Crippen molar-refractivity contribution >= 4 is 23.3 Å². The maximum atomic E-state index is 11.9. The van der Waals surface area contributed by atoms with Gasteiger partial charge in [0.25, 0.3) is 11.2 Å². The molecule has 0 saturated heterocycles. The fourth-order valence-corrected chi connectivity index (χ4v) is 2.11. The number of nitro groups is 1. The number of carbonyl (C=O) groups excluding carboxylic acids is 2. The van der Waals surface area contributed by atoms with E-state index in [0.717, 1.165) is 34.0 Å². The fraction of sp³-hybridized carbons (Fsp3) is 0.188. The van der Waals surface area contributed by atoms with Gasteiger partial charge in [-0.15, -0.1) is 0 Å². The standard InChI is InChI=1S/C16H16N4O5/c1-10-4-3-5-13(11(10)2)17-16(23)18-14(21)9-19-8-12(20(24)25)6-7-15(19)22/h3-8H,9H2,1-2H3,(H2,17,18,21,23). The number of rotatable bonds is 4. The second kappa shape index (κ2) is 7.39. The van der Waals surface area contributed by atoms with E-state index in [9.17, 15) is 24.5 Å². The Kier molecular flexibility index (Phi) is 5.28. The monoisotopic (exact) mass is 344 g/mol. The van der Waals surface area contributed by atoms with Crippen LogP contribution in [0.3, 0.4) is 0 Å². The molecule has 1 aromatic carbocycles. The van der Waals surface area contributed by atoms with Gasteiger partial charge in [-0.3, -0.25) is 29.6 Å². The highest BCUT2D eigenvalue weighted by Crippen LogP contribution is 2.17. The zero-order chi connectivity index (χ0) is 18.6. The van der Waals surface area contributed by atoms with E-state index in [-0.39, 0.29) is 5.69 Å². The molecule has 0 unspecified atom stereocenters. The van der Waals surface area contributed by atoms with Crippen LogP contribution in [-0.2, 0) is 11.3 Å². The molecule has 0 atom stereocenters. The summed E-state index contributed by atoms with van der Waals surface area (Å²) in [5, 5.41) is 15.3. The van der Waals surface area contributed by atoms with Gasteiger partial charge >= 0.3 is 6.03 Å². The van der Waals surface area contributed by atoms with Crippen molar-refractivity contribution in [2.45, 2.75) is 20.4 Å². The third kappa shape index (κ3) is 4.50. The smallest absolute Gasteiger partial charge is 0.307 e. The highest BCUT2D eigenvalue weighted by atomic mass is 16.6. The van der Waals surface area contributed by atoms with Crippen molar-refractivity contribution < 1.29 is 14.5 Å². The Bertz CT molecular complexity index is 904. The predicted molar refractivity (Wildman–Crippen MR) is 90.4 cm³/mol. The van der Waals surface area contributed by atoms with Crippen molar-refractivity contribution in [2.75, 3.05) is 5.32 Å². The second-order valence-corrected chi connectivity index (χ2v) is 5.36. The third-order valence-corrected chi connectivity index (χ3v) is 3.60. The molecule has 0 aliphatic rings. The molecule has 0 radical (unpaired) electrons. The molecule has 9 nitrogen and oxygen atoms in total. The van der Waals surface area contributed by atoms with Gasteiger partial charge in [0.15, 0.2) is 0 Å². The second-order valence-electron chi connectivity index (χ2n) is 5.36. The van der Waals surface area contributed by atoms with E-state index >= 15 is 0 Å². The molecule has 1 heterocycles. The van der Waals surface area contributed by atoms with Gasteiger partial charge < -0.3 is 5.32 Å². The Balaban J connectivity index is 2.04. The molecule has 130 valence electrons. The van der Waals surface area contributed by atoms with Gasteiger partial charge in [-0.05, 0) is 31.0 Å². The average Bonchev–Trinajstić information content (AvgIpc) is 2.53. The van der Waals surface area contributed by atoms with E-state index in [2.05, 4.69) is 10.6 Å². The van der Waals surface area contributed by atoms with Crippen LogP contribution in [0.25, 0.3) is 0 Å². The van der Waals surface area contributed by atoms with Gasteiger partial charge in [0.1, 0.15) is 6.54 Å². The lowest BCUT2D eigenvalue weighted by atomic mass is 10.1. The quantitative estimate of drug-likeness (QED) is 0.645. The van der Waals surface area contributed by atoms with Crippen LogP contribution in [0.4, 0.5) is 16.2 Å². The molecule has 3 amide bonds. The van der Waals surface area contributed by atoms with Crippen molar-refractivity contribution in [1.82, 2.24) is 9.88 Å². The molecule has 2 rings (SSSR count). The summed E-state index contributed by atoms with van der Waals surface area (Å²) in [5.41, 5.74) is 1.48. The van der Waals surface area contributed by atoms with Crippen molar-refractivity contribution in [3.63, 3.8) is 0 Å². The van der Waals surface area contributed by atoms with Crippen LogP contribution in [0.15, 0.2) is 41.3 Å². The number of aromatic nitrogens is 1. The lowest BCUT2D eigenvalue weighted by Gasteiger charge is -2.11. The fourth-order valence-electron chi connectivity index (χ4n) is 2.11. The van der Waals surface area contributed by atoms with Crippen molar-refractivity contribution in [3.05, 3.63) is 68.1 Å². The number of imide groups is 1. The minimum atomic E-state index is -0.773. The summed E-state index contributed by atoms with van der Waals surface area (Å²) < 4.78 is 0.860. The van der Waals surface area contributed by atoms with E-state index in [1.54, 1.807) is 12.1 Å². The molecule has 0 aliphatic carbocycles. The minimum Gasteiger partial charge on any atom is -0.307 e. The number of hydrogen-bond donors (Lipinski definition) is 2. The number of hydrogen-bond acceptors (Lipinski definition) is 5. The molecule has 0 saturated carbocycles. The van der Waals surface area contributed by atoms with Crippen LogP contribution in [0.2, 0.25) is 0 Å². The van der Waals surface area contributed by atoms with Gasteiger partial charge in [0.05, 0.1) is 11.1 Å². The lowest BCUT2D eigenvalue weighted by Crippen LogP contribution is -2.38. The Morgan fingerprint density at radius 1 is 1.20 bits per heavy atom. The lowest BCUT2D eigenvalue weighted by molar-refractivity contribution is -0.385. The summed E-state index contributed by atoms with van der Waals surface area (Å²) in [6, 6.07) is 6.63.